The van der Waals surface area contributed by atoms with Crippen molar-refractivity contribution in [3.8, 4) is 5.75 Å². The number of methoxy groups -OCH3 is 1. The molecule has 2 aromatic carbocycles. The molecule has 0 saturated carbocycles. The summed E-state index contributed by atoms with van der Waals surface area (Å²) in [7, 11) is -1.53. The molecular formula is C17H19NO4S. The van der Waals surface area contributed by atoms with Gasteiger partial charge in [-0.25, -0.2) is 8.42 Å². The number of carbonyl (C=O) groups excluding carboxylic acids is 1. The molecule has 23 heavy (non-hydrogen) atoms. The van der Waals surface area contributed by atoms with Gasteiger partial charge in [-0.1, -0.05) is 24.3 Å². The second kappa shape index (κ2) is 7.28. The van der Waals surface area contributed by atoms with Crippen molar-refractivity contribution in [2.45, 2.75) is 12.3 Å². The molecule has 2 rings (SSSR count). The normalized spacial score (nSPS) is 11.0. The SMILES string of the molecule is COc1ccc(CNC(=O)c2cccc(CS(C)(=O)=O)c2)cc1. The summed E-state index contributed by atoms with van der Waals surface area (Å²) in [4.78, 5) is 12.2. The van der Waals surface area contributed by atoms with Gasteiger partial charge in [-0.2, -0.15) is 0 Å². The number of benzene rings is 2. The van der Waals surface area contributed by atoms with Crippen molar-refractivity contribution >= 4 is 15.7 Å². The molecule has 0 heterocycles. The molecule has 0 radical (unpaired) electrons. The molecular weight excluding hydrogens is 314 g/mol. The van der Waals surface area contributed by atoms with E-state index in [-0.39, 0.29) is 11.7 Å². The summed E-state index contributed by atoms with van der Waals surface area (Å²) in [5.41, 5.74) is 2.00. The Kier molecular flexibility index (Phi) is 5.39. The minimum atomic E-state index is -3.13. The van der Waals surface area contributed by atoms with Crippen LogP contribution in [0.3, 0.4) is 0 Å². The molecule has 0 saturated heterocycles. The Morgan fingerprint density at radius 3 is 2.39 bits per heavy atom. The Morgan fingerprint density at radius 1 is 1.09 bits per heavy atom. The van der Waals surface area contributed by atoms with Gasteiger partial charge in [0.2, 0.25) is 0 Å². The third kappa shape index (κ3) is 5.41. The lowest BCUT2D eigenvalue weighted by atomic mass is 10.1. The summed E-state index contributed by atoms with van der Waals surface area (Å²) < 4.78 is 27.7. The monoisotopic (exact) mass is 333 g/mol. The number of hydrogen-bond acceptors (Lipinski definition) is 4. The Balaban J connectivity index is 2.01. The molecule has 1 amide bonds. The predicted octanol–water partition coefficient (Wildman–Crippen LogP) is 2.17. The van der Waals surface area contributed by atoms with Crippen molar-refractivity contribution in [2.24, 2.45) is 0 Å². The molecule has 122 valence electrons. The number of amides is 1. The molecule has 0 aromatic heterocycles. The van der Waals surface area contributed by atoms with Crippen LogP contribution in [-0.2, 0) is 22.1 Å². The van der Waals surface area contributed by atoms with E-state index in [0.29, 0.717) is 17.7 Å². The molecule has 0 spiro atoms. The second-order valence-corrected chi connectivity index (χ2v) is 7.44. The lowest BCUT2D eigenvalue weighted by molar-refractivity contribution is 0.0951. The van der Waals surface area contributed by atoms with Crippen LogP contribution in [0.4, 0.5) is 0 Å². The third-order valence-corrected chi connectivity index (χ3v) is 4.09. The number of rotatable bonds is 6. The van der Waals surface area contributed by atoms with Crippen LogP contribution in [0.5, 0.6) is 5.75 Å². The van der Waals surface area contributed by atoms with E-state index in [2.05, 4.69) is 5.32 Å². The summed E-state index contributed by atoms with van der Waals surface area (Å²) in [6.45, 7) is 0.388. The summed E-state index contributed by atoms with van der Waals surface area (Å²) in [6.07, 6.45) is 1.17. The van der Waals surface area contributed by atoms with Gasteiger partial charge in [-0.15, -0.1) is 0 Å². The molecule has 1 N–H and O–H groups in total. The van der Waals surface area contributed by atoms with Gasteiger partial charge in [0.25, 0.3) is 5.91 Å². The smallest absolute Gasteiger partial charge is 0.251 e. The molecule has 0 aliphatic heterocycles. The van der Waals surface area contributed by atoms with Crippen LogP contribution >= 0.6 is 0 Å². The highest BCUT2D eigenvalue weighted by molar-refractivity contribution is 7.89. The molecule has 5 nitrogen and oxygen atoms in total. The first kappa shape index (κ1) is 17.0. The number of nitrogens with one attached hydrogen (secondary N) is 1. The van der Waals surface area contributed by atoms with Gasteiger partial charge in [0.05, 0.1) is 12.9 Å². The maximum atomic E-state index is 12.2. The zero-order valence-corrected chi connectivity index (χ0v) is 13.9. The third-order valence-electron chi connectivity index (χ3n) is 3.23. The van der Waals surface area contributed by atoms with Crippen LogP contribution in [0, 0.1) is 0 Å². The Labute approximate surface area is 136 Å². The second-order valence-electron chi connectivity index (χ2n) is 5.30. The van der Waals surface area contributed by atoms with Crippen molar-refractivity contribution in [2.75, 3.05) is 13.4 Å². The molecule has 0 unspecified atom stereocenters. The van der Waals surface area contributed by atoms with E-state index in [0.717, 1.165) is 11.3 Å². The first-order valence-corrected chi connectivity index (χ1v) is 9.11. The fourth-order valence-corrected chi connectivity index (χ4v) is 2.92. The van der Waals surface area contributed by atoms with Gasteiger partial charge < -0.3 is 10.1 Å². The van der Waals surface area contributed by atoms with Crippen molar-refractivity contribution in [1.82, 2.24) is 5.32 Å². The Bertz CT molecular complexity index is 782. The molecule has 0 atom stereocenters. The zero-order chi connectivity index (χ0) is 16.9. The molecule has 0 fully saturated rings. The fourth-order valence-electron chi connectivity index (χ4n) is 2.13. The number of carbonyl (C=O) groups is 1. The van der Waals surface area contributed by atoms with E-state index in [1.165, 1.54) is 6.26 Å². The quantitative estimate of drug-likeness (QED) is 0.879. The molecule has 0 aliphatic rings. The Morgan fingerprint density at radius 2 is 1.78 bits per heavy atom. The first-order chi connectivity index (χ1) is 10.9. The van der Waals surface area contributed by atoms with E-state index >= 15 is 0 Å². The molecule has 0 bridgehead atoms. The van der Waals surface area contributed by atoms with Crippen LogP contribution in [0.25, 0.3) is 0 Å². The van der Waals surface area contributed by atoms with Crippen LogP contribution < -0.4 is 10.1 Å². The minimum absolute atomic E-state index is 0.0768. The molecule has 6 heteroatoms. The van der Waals surface area contributed by atoms with Gasteiger partial charge in [0.1, 0.15) is 5.75 Å². The first-order valence-electron chi connectivity index (χ1n) is 7.05. The van der Waals surface area contributed by atoms with Crippen LogP contribution in [0.2, 0.25) is 0 Å². The zero-order valence-electron chi connectivity index (χ0n) is 13.1. The highest BCUT2D eigenvalue weighted by atomic mass is 32.2. The minimum Gasteiger partial charge on any atom is -0.497 e. The van der Waals surface area contributed by atoms with Crippen LogP contribution in [0.15, 0.2) is 48.5 Å². The average molecular weight is 333 g/mol. The van der Waals surface area contributed by atoms with E-state index in [1.54, 1.807) is 31.4 Å². The number of hydrogen-bond donors (Lipinski definition) is 1. The van der Waals surface area contributed by atoms with Gasteiger partial charge in [0, 0.05) is 18.4 Å². The van der Waals surface area contributed by atoms with E-state index in [1.807, 2.05) is 24.3 Å². The van der Waals surface area contributed by atoms with E-state index < -0.39 is 9.84 Å². The average Bonchev–Trinajstić information content (AvgIpc) is 2.51. The Hall–Kier alpha value is -2.34. The lowest BCUT2D eigenvalue weighted by Crippen LogP contribution is -2.22. The maximum absolute atomic E-state index is 12.2. The summed E-state index contributed by atoms with van der Waals surface area (Å²) >= 11 is 0. The van der Waals surface area contributed by atoms with Gasteiger partial charge in [0.15, 0.2) is 9.84 Å². The van der Waals surface area contributed by atoms with Crippen molar-refractivity contribution in [3.63, 3.8) is 0 Å². The number of sulfone groups is 1. The fraction of sp³-hybridized carbons (Fsp3) is 0.235. The summed E-state index contributed by atoms with van der Waals surface area (Å²) in [5, 5.41) is 2.81. The largest absolute Gasteiger partial charge is 0.497 e. The summed E-state index contributed by atoms with van der Waals surface area (Å²) in [5.74, 6) is 0.441. The van der Waals surface area contributed by atoms with E-state index in [4.69, 9.17) is 4.74 Å². The van der Waals surface area contributed by atoms with Crippen molar-refractivity contribution in [1.29, 1.82) is 0 Å². The molecule has 2 aromatic rings. The lowest BCUT2D eigenvalue weighted by Gasteiger charge is -2.08. The van der Waals surface area contributed by atoms with Gasteiger partial charge in [-0.3, -0.25) is 4.79 Å². The highest BCUT2D eigenvalue weighted by Crippen LogP contribution is 2.12. The van der Waals surface area contributed by atoms with Crippen molar-refractivity contribution in [3.05, 3.63) is 65.2 Å². The van der Waals surface area contributed by atoms with E-state index in [9.17, 15) is 13.2 Å². The van der Waals surface area contributed by atoms with Gasteiger partial charge in [-0.05, 0) is 35.4 Å². The number of ether oxygens (including phenoxy) is 1. The highest BCUT2D eigenvalue weighted by Gasteiger charge is 2.09. The topological polar surface area (TPSA) is 72.5 Å². The van der Waals surface area contributed by atoms with Crippen LogP contribution in [-0.4, -0.2) is 27.7 Å². The predicted molar refractivity (Wildman–Crippen MR) is 89.2 cm³/mol. The van der Waals surface area contributed by atoms with Gasteiger partial charge >= 0.3 is 0 Å². The van der Waals surface area contributed by atoms with Crippen LogP contribution in [0.1, 0.15) is 21.5 Å². The maximum Gasteiger partial charge on any atom is 0.251 e. The van der Waals surface area contributed by atoms with Crippen molar-refractivity contribution < 1.29 is 17.9 Å². The standard InChI is InChI=1S/C17H19NO4S/c1-22-16-8-6-13(7-9-16)11-18-17(19)15-5-3-4-14(10-15)12-23(2,20)21/h3-10H,11-12H2,1-2H3,(H,18,19). The summed E-state index contributed by atoms with van der Waals surface area (Å²) in [6, 6.07) is 14.0. The molecule has 0 aliphatic carbocycles.